The molecule has 3 aromatic heterocycles. The van der Waals surface area contributed by atoms with Crippen molar-refractivity contribution in [1.29, 1.82) is 0 Å². The molecular weight excluding hydrogens is 418 g/mol. The average Bonchev–Trinajstić information content (AvgIpc) is 3.45. The van der Waals surface area contributed by atoms with Gasteiger partial charge in [0.1, 0.15) is 22.7 Å². The Kier molecular flexibility index (Phi) is 5.71. The van der Waals surface area contributed by atoms with Gasteiger partial charge in [0.15, 0.2) is 11.6 Å². The lowest BCUT2D eigenvalue weighted by atomic mass is 10.1. The molecule has 0 spiro atoms. The van der Waals surface area contributed by atoms with Crippen LogP contribution in [0.25, 0.3) is 11.4 Å². The highest BCUT2D eigenvalue weighted by molar-refractivity contribution is 7.10. The summed E-state index contributed by atoms with van der Waals surface area (Å²) in [6.07, 6.45) is 4.74. The maximum absolute atomic E-state index is 12.4. The van der Waals surface area contributed by atoms with E-state index in [0.29, 0.717) is 34.6 Å². The molecule has 3 heterocycles. The van der Waals surface area contributed by atoms with E-state index in [1.165, 1.54) is 17.7 Å². The summed E-state index contributed by atoms with van der Waals surface area (Å²) in [5.74, 6) is 1.34. The zero-order chi connectivity index (χ0) is 21.8. The monoisotopic (exact) mass is 437 g/mol. The molecule has 0 aliphatic heterocycles. The summed E-state index contributed by atoms with van der Waals surface area (Å²) in [6, 6.07) is 7.32. The number of benzene rings is 1. The first-order valence-corrected chi connectivity index (χ1v) is 9.93. The van der Waals surface area contributed by atoms with Crippen LogP contribution in [0.15, 0.2) is 43.0 Å². The fraction of sp³-hybridized carbons (Fsp3) is 0.158. The van der Waals surface area contributed by atoms with Gasteiger partial charge in [0, 0.05) is 26.5 Å². The molecule has 0 aliphatic carbocycles. The molecule has 0 fully saturated rings. The van der Waals surface area contributed by atoms with Gasteiger partial charge in [0.05, 0.1) is 18.4 Å². The Morgan fingerprint density at radius 3 is 2.74 bits per heavy atom. The summed E-state index contributed by atoms with van der Waals surface area (Å²) >= 11 is 1.27. The van der Waals surface area contributed by atoms with Gasteiger partial charge in [-0.25, -0.2) is 9.97 Å². The molecule has 11 nitrogen and oxygen atoms in total. The van der Waals surface area contributed by atoms with E-state index in [-0.39, 0.29) is 11.5 Å². The number of methoxy groups -OCH3 is 1. The van der Waals surface area contributed by atoms with Crippen molar-refractivity contribution in [2.75, 3.05) is 24.8 Å². The van der Waals surface area contributed by atoms with Crippen molar-refractivity contribution in [2.24, 2.45) is 7.05 Å². The molecule has 0 aliphatic rings. The van der Waals surface area contributed by atoms with E-state index in [2.05, 4.69) is 40.4 Å². The molecule has 1 amide bonds. The number of nitrogens with one attached hydrogen (secondary N) is 3. The SMILES string of the molecule is CNC(=O)c1cnc(Nc2ccns2)nc1Nc1cccc(-c2ncn(C)n2)c1OC. The molecular formula is C19H19N9O2S. The Labute approximate surface area is 181 Å². The van der Waals surface area contributed by atoms with Crippen LogP contribution in [-0.2, 0) is 7.05 Å². The van der Waals surface area contributed by atoms with Crippen LogP contribution in [0, 0.1) is 0 Å². The Hall–Kier alpha value is -4.06. The minimum Gasteiger partial charge on any atom is -0.494 e. The largest absolute Gasteiger partial charge is 0.494 e. The highest BCUT2D eigenvalue weighted by Gasteiger charge is 2.19. The number of aryl methyl sites for hydroxylation is 1. The van der Waals surface area contributed by atoms with Crippen LogP contribution in [0.3, 0.4) is 0 Å². The Morgan fingerprint density at radius 1 is 1.19 bits per heavy atom. The molecule has 0 saturated heterocycles. The quantitative estimate of drug-likeness (QED) is 0.399. The molecule has 3 N–H and O–H groups in total. The van der Waals surface area contributed by atoms with E-state index in [1.54, 1.807) is 44.5 Å². The Balaban J connectivity index is 1.74. The highest BCUT2D eigenvalue weighted by atomic mass is 32.1. The molecule has 4 rings (SSSR count). The molecule has 31 heavy (non-hydrogen) atoms. The van der Waals surface area contributed by atoms with Gasteiger partial charge in [0.25, 0.3) is 5.91 Å². The van der Waals surface area contributed by atoms with Gasteiger partial charge >= 0.3 is 0 Å². The molecule has 4 aromatic rings. The Morgan fingerprint density at radius 2 is 2.06 bits per heavy atom. The van der Waals surface area contributed by atoms with Gasteiger partial charge in [0.2, 0.25) is 5.95 Å². The van der Waals surface area contributed by atoms with Crippen molar-refractivity contribution < 1.29 is 9.53 Å². The van der Waals surface area contributed by atoms with Gasteiger partial charge in [-0.15, -0.1) is 0 Å². The van der Waals surface area contributed by atoms with E-state index in [1.807, 2.05) is 18.2 Å². The number of aromatic nitrogens is 6. The predicted octanol–water partition coefficient (Wildman–Crippen LogP) is 2.58. The van der Waals surface area contributed by atoms with Crippen LogP contribution in [0.2, 0.25) is 0 Å². The zero-order valence-corrected chi connectivity index (χ0v) is 17.8. The number of rotatable bonds is 7. The molecule has 12 heteroatoms. The molecule has 1 aromatic carbocycles. The maximum Gasteiger partial charge on any atom is 0.256 e. The number of nitrogens with zero attached hydrogens (tertiary/aromatic N) is 6. The number of ether oxygens (including phenoxy) is 1. The summed E-state index contributed by atoms with van der Waals surface area (Å²) in [5.41, 5.74) is 1.58. The minimum absolute atomic E-state index is 0.278. The summed E-state index contributed by atoms with van der Waals surface area (Å²) in [7, 11) is 4.89. The van der Waals surface area contributed by atoms with Crippen LogP contribution < -0.4 is 20.7 Å². The van der Waals surface area contributed by atoms with Crippen LogP contribution >= 0.6 is 11.5 Å². The summed E-state index contributed by atoms with van der Waals surface area (Å²) < 4.78 is 11.3. The average molecular weight is 437 g/mol. The zero-order valence-electron chi connectivity index (χ0n) is 16.9. The van der Waals surface area contributed by atoms with Crippen LogP contribution in [-0.4, -0.2) is 49.2 Å². The number of para-hydroxylation sites is 1. The number of amides is 1. The number of carbonyl (C=O) groups excluding carboxylic acids is 1. The van der Waals surface area contributed by atoms with Crippen molar-refractivity contribution in [3.63, 3.8) is 0 Å². The van der Waals surface area contributed by atoms with Crippen molar-refractivity contribution in [2.45, 2.75) is 0 Å². The number of hydrogen-bond donors (Lipinski definition) is 3. The Bertz CT molecular complexity index is 1210. The summed E-state index contributed by atoms with van der Waals surface area (Å²) in [6.45, 7) is 0. The van der Waals surface area contributed by atoms with Crippen LogP contribution in [0.4, 0.5) is 22.5 Å². The smallest absolute Gasteiger partial charge is 0.256 e. The van der Waals surface area contributed by atoms with Crippen LogP contribution in [0.5, 0.6) is 5.75 Å². The maximum atomic E-state index is 12.4. The molecule has 0 unspecified atom stereocenters. The standard InChI is InChI=1S/C19H19N9O2S/c1-20-18(29)12-9-21-19(25-14-7-8-23-31-14)26-17(12)24-13-6-4-5-11(15(13)30-3)16-22-10-28(2)27-16/h4-10H,1-3H3,(H,20,29)(H2,21,24,25,26). The van der Waals surface area contributed by atoms with Crippen molar-refractivity contribution in [1.82, 2.24) is 34.4 Å². The molecule has 0 radical (unpaired) electrons. The third-order valence-electron chi connectivity index (χ3n) is 4.25. The van der Waals surface area contributed by atoms with E-state index in [9.17, 15) is 4.79 Å². The van der Waals surface area contributed by atoms with Crippen molar-refractivity contribution in [3.05, 3.63) is 48.5 Å². The highest BCUT2D eigenvalue weighted by Crippen LogP contribution is 2.36. The summed E-state index contributed by atoms with van der Waals surface area (Å²) in [4.78, 5) is 25.4. The summed E-state index contributed by atoms with van der Waals surface area (Å²) in [5, 5.41) is 14.0. The topological polar surface area (TPSA) is 132 Å². The molecule has 0 saturated carbocycles. The lowest BCUT2D eigenvalue weighted by Crippen LogP contribution is -2.20. The van der Waals surface area contributed by atoms with Gasteiger partial charge < -0.3 is 20.7 Å². The first kappa shape index (κ1) is 20.2. The first-order valence-electron chi connectivity index (χ1n) is 9.16. The fourth-order valence-corrected chi connectivity index (χ4v) is 3.34. The number of carbonyl (C=O) groups is 1. The van der Waals surface area contributed by atoms with Gasteiger partial charge in [-0.1, -0.05) is 6.07 Å². The minimum atomic E-state index is -0.326. The van der Waals surface area contributed by atoms with E-state index < -0.39 is 0 Å². The van der Waals surface area contributed by atoms with Gasteiger partial charge in [-0.3, -0.25) is 9.48 Å². The van der Waals surface area contributed by atoms with Gasteiger partial charge in [-0.2, -0.15) is 14.5 Å². The normalized spacial score (nSPS) is 10.5. The van der Waals surface area contributed by atoms with Crippen LogP contribution in [0.1, 0.15) is 10.4 Å². The molecule has 0 bridgehead atoms. The molecule has 0 atom stereocenters. The first-order chi connectivity index (χ1) is 15.1. The second-order valence-corrected chi connectivity index (χ2v) is 7.12. The van der Waals surface area contributed by atoms with E-state index in [0.717, 1.165) is 5.00 Å². The van der Waals surface area contributed by atoms with Crippen molar-refractivity contribution in [3.8, 4) is 17.1 Å². The van der Waals surface area contributed by atoms with Gasteiger partial charge in [-0.05, 0) is 29.7 Å². The van der Waals surface area contributed by atoms with E-state index in [4.69, 9.17) is 4.74 Å². The van der Waals surface area contributed by atoms with E-state index >= 15 is 0 Å². The second-order valence-electron chi connectivity index (χ2n) is 6.29. The number of anilines is 4. The fourth-order valence-electron chi connectivity index (χ4n) is 2.85. The second kappa shape index (κ2) is 8.75. The van der Waals surface area contributed by atoms with Crippen molar-refractivity contribution >= 4 is 39.9 Å². The third kappa shape index (κ3) is 4.28. The third-order valence-corrected chi connectivity index (χ3v) is 4.91. The lowest BCUT2D eigenvalue weighted by molar-refractivity contribution is 0.0963. The number of hydrogen-bond acceptors (Lipinski definition) is 10. The lowest BCUT2D eigenvalue weighted by Gasteiger charge is -2.15. The molecule has 158 valence electrons. The predicted molar refractivity (Wildman–Crippen MR) is 117 cm³/mol.